The van der Waals surface area contributed by atoms with Crippen LogP contribution in [0.1, 0.15) is 31.9 Å². The van der Waals surface area contributed by atoms with E-state index in [-0.39, 0.29) is 5.56 Å². The summed E-state index contributed by atoms with van der Waals surface area (Å²) in [4.78, 5) is 10.7. The van der Waals surface area contributed by atoms with E-state index in [9.17, 15) is 9.18 Å². The van der Waals surface area contributed by atoms with E-state index in [1.54, 1.807) is 24.3 Å². The van der Waals surface area contributed by atoms with Crippen molar-refractivity contribution in [3.8, 4) is 0 Å². The first-order chi connectivity index (χ1) is 7.34. The highest BCUT2D eigenvalue weighted by molar-refractivity contribution is 5.78. The van der Waals surface area contributed by atoms with Gasteiger partial charge in [-0.2, -0.15) is 0 Å². The lowest BCUT2D eigenvalue weighted by Gasteiger charge is -2.16. The van der Waals surface area contributed by atoms with Gasteiger partial charge in [0.05, 0.1) is 0 Å². The average Bonchev–Trinajstić information content (AvgIpc) is 2.17. The lowest BCUT2D eigenvalue weighted by Crippen LogP contribution is -2.26. The second-order valence-corrected chi connectivity index (χ2v) is 4.60. The van der Waals surface area contributed by atoms with Crippen LogP contribution in [0.2, 0.25) is 0 Å². The number of hydrogen-bond acceptors (Lipinski definition) is 1. The fourth-order valence-corrected chi connectivity index (χ4v) is 1.55. The lowest BCUT2D eigenvalue weighted by molar-refractivity contribution is -0.150. The summed E-state index contributed by atoms with van der Waals surface area (Å²) < 4.78 is 13.7. The van der Waals surface area contributed by atoms with Crippen molar-refractivity contribution in [3.63, 3.8) is 0 Å². The zero-order chi connectivity index (χ0) is 12.3. The molecule has 0 heterocycles. The standard InChI is InChI=1S/C13H17FO2/c1-9(2)8-10-4-6-11(7-5-10)13(3,14)12(15)16/h4-7,9H,8H2,1-3H3,(H,15,16). The molecule has 0 bridgehead atoms. The Morgan fingerprint density at radius 3 is 2.25 bits per heavy atom. The van der Waals surface area contributed by atoms with Crippen LogP contribution in [0.5, 0.6) is 0 Å². The molecule has 16 heavy (non-hydrogen) atoms. The summed E-state index contributed by atoms with van der Waals surface area (Å²) in [6, 6.07) is 6.67. The second-order valence-electron chi connectivity index (χ2n) is 4.60. The molecule has 3 heteroatoms. The zero-order valence-corrected chi connectivity index (χ0v) is 9.83. The van der Waals surface area contributed by atoms with Crippen LogP contribution >= 0.6 is 0 Å². The maximum absolute atomic E-state index is 13.7. The van der Waals surface area contributed by atoms with Crippen molar-refractivity contribution in [1.29, 1.82) is 0 Å². The van der Waals surface area contributed by atoms with Gasteiger partial charge in [-0.05, 0) is 24.8 Å². The molecular weight excluding hydrogens is 207 g/mol. The first-order valence-electron chi connectivity index (χ1n) is 5.35. The van der Waals surface area contributed by atoms with E-state index < -0.39 is 11.6 Å². The monoisotopic (exact) mass is 224 g/mol. The fourth-order valence-electron chi connectivity index (χ4n) is 1.55. The van der Waals surface area contributed by atoms with Crippen molar-refractivity contribution < 1.29 is 14.3 Å². The summed E-state index contributed by atoms with van der Waals surface area (Å²) in [5.41, 5.74) is -1.02. The molecule has 88 valence electrons. The smallest absolute Gasteiger partial charge is 0.345 e. The van der Waals surface area contributed by atoms with Gasteiger partial charge in [-0.25, -0.2) is 9.18 Å². The maximum Gasteiger partial charge on any atom is 0.345 e. The molecule has 1 unspecified atom stereocenters. The molecule has 1 aromatic rings. The second kappa shape index (κ2) is 4.64. The van der Waals surface area contributed by atoms with Gasteiger partial charge in [-0.1, -0.05) is 38.1 Å². The Morgan fingerprint density at radius 2 is 1.88 bits per heavy atom. The van der Waals surface area contributed by atoms with Gasteiger partial charge in [0.15, 0.2) is 0 Å². The number of rotatable bonds is 4. The Kier molecular flexibility index (Phi) is 3.68. The van der Waals surface area contributed by atoms with Gasteiger partial charge < -0.3 is 5.11 Å². The first kappa shape index (κ1) is 12.7. The number of hydrogen-bond donors (Lipinski definition) is 1. The third-order valence-electron chi connectivity index (χ3n) is 2.54. The predicted octanol–water partition coefficient (Wildman–Crippen LogP) is 3.15. The topological polar surface area (TPSA) is 37.3 Å². The Morgan fingerprint density at radius 1 is 1.38 bits per heavy atom. The van der Waals surface area contributed by atoms with Crippen molar-refractivity contribution in [1.82, 2.24) is 0 Å². The number of carboxylic acid groups (broad SMARTS) is 1. The molecule has 1 rings (SSSR count). The minimum atomic E-state index is -2.31. The highest BCUT2D eigenvalue weighted by Crippen LogP contribution is 2.26. The number of carboxylic acids is 1. The third kappa shape index (κ3) is 2.81. The van der Waals surface area contributed by atoms with Crippen LogP contribution in [0.25, 0.3) is 0 Å². The minimum absolute atomic E-state index is 0.188. The van der Waals surface area contributed by atoms with Gasteiger partial charge in [-0.3, -0.25) is 0 Å². The Labute approximate surface area is 95.1 Å². The average molecular weight is 224 g/mol. The molecule has 0 amide bonds. The molecule has 0 aliphatic rings. The lowest BCUT2D eigenvalue weighted by atomic mass is 9.95. The van der Waals surface area contributed by atoms with Crippen LogP contribution in [-0.2, 0) is 16.9 Å². The number of alkyl halides is 1. The molecule has 1 N–H and O–H groups in total. The molecule has 0 fully saturated rings. The van der Waals surface area contributed by atoms with Crippen molar-refractivity contribution in [2.45, 2.75) is 32.9 Å². The van der Waals surface area contributed by atoms with E-state index in [0.717, 1.165) is 18.9 Å². The van der Waals surface area contributed by atoms with Crippen LogP contribution < -0.4 is 0 Å². The van der Waals surface area contributed by atoms with Gasteiger partial charge in [0.1, 0.15) is 0 Å². The SMILES string of the molecule is CC(C)Cc1ccc(C(C)(F)C(=O)O)cc1. The van der Waals surface area contributed by atoms with E-state index in [0.29, 0.717) is 5.92 Å². The molecule has 0 aliphatic heterocycles. The highest BCUT2D eigenvalue weighted by atomic mass is 19.1. The molecule has 0 aromatic heterocycles. The van der Waals surface area contributed by atoms with Crippen molar-refractivity contribution in [2.24, 2.45) is 5.92 Å². The summed E-state index contributed by atoms with van der Waals surface area (Å²) in [5.74, 6) is -0.925. The van der Waals surface area contributed by atoms with Crippen molar-refractivity contribution in [3.05, 3.63) is 35.4 Å². The summed E-state index contributed by atoms with van der Waals surface area (Å²) in [6.07, 6.45) is 0.913. The minimum Gasteiger partial charge on any atom is -0.479 e. The van der Waals surface area contributed by atoms with Crippen molar-refractivity contribution in [2.75, 3.05) is 0 Å². The van der Waals surface area contributed by atoms with Gasteiger partial charge >= 0.3 is 5.97 Å². The number of aliphatic carboxylic acids is 1. The van der Waals surface area contributed by atoms with Crippen molar-refractivity contribution >= 4 is 5.97 Å². The van der Waals surface area contributed by atoms with Gasteiger partial charge in [0.25, 0.3) is 0 Å². The zero-order valence-electron chi connectivity index (χ0n) is 9.83. The summed E-state index contributed by atoms with van der Waals surface area (Å²) in [5, 5.41) is 8.73. The van der Waals surface area contributed by atoms with Crippen LogP contribution in [0.15, 0.2) is 24.3 Å². The Hall–Kier alpha value is -1.38. The Bertz CT molecular complexity index is 366. The predicted molar refractivity (Wildman–Crippen MR) is 61.1 cm³/mol. The number of carbonyl (C=O) groups is 1. The van der Waals surface area contributed by atoms with Crippen LogP contribution in [-0.4, -0.2) is 11.1 Å². The summed E-state index contributed by atoms with van der Waals surface area (Å²) >= 11 is 0. The van der Waals surface area contributed by atoms with E-state index >= 15 is 0 Å². The molecule has 1 atom stereocenters. The molecule has 0 saturated heterocycles. The highest BCUT2D eigenvalue weighted by Gasteiger charge is 2.34. The number of halogens is 1. The molecule has 0 spiro atoms. The quantitative estimate of drug-likeness (QED) is 0.853. The maximum atomic E-state index is 13.7. The Balaban J connectivity index is 2.91. The fraction of sp³-hybridized carbons (Fsp3) is 0.462. The van der Waals surface area contributed by atoms with Crippen LogP contribution in [0.3, 0.4) is 0 Å². The van der Waals surface area contributed by atoms with Gasteiger partial charge in [0.2, 0.25) is 5.67 Å². The van der Waals surface area contributed by atoms with Gasteiger partial charge in [0, 0.05) is 5.56 Å². The first-order valence-corrected chi connectivity index (χ1v) is 5.35. The molecule has 0 radical (unpaired) electrons. The normalized spacial score (nSPS) is 14.8. The molecule has 1 aromatic carbocycles. The molecular formula is C13H17FO2. The molecule has 2 nitrogen and oxygen atoms in total. The van der Waals surface area contributed by atoms with E-state index in [1.165, 1.54) is 0 Å². The summed E-state index contributed by atoms with van der Waals surface area (Å²) in [7, 11) is 0. The van der Waals surface area contributed by atoms with Crippen LogP contribution in [0.4, 0.5) is 4.39 Å². The molecule has 0 saturated carbocycles. The number of benzene rings is 1. The van der Waals surface area contributed by atoms with Gasteiger partial charge in [-0.15, -0.1) is 0 Å². The van der Waals surface area contributed by atoms with Crippen LogP contribution in [0, 0.1) is 5.92 Å². The van der Waals surface area contributed by atoms with E-state index in [4.69, 9.17) is 5.11 Å². The van der Waals surface area contributed by atoms with E-state index in [2.05, 4.69) is 13.8 Å². The largest absolute Gasteiger partial charge is 0.479 e. The summed E-state index contributed by atoms with van der Waals surface area (Å²) in [6.45, 7) is 5.27. The third-order valence-corrected chi connectivity index (χ3v) is 2.54. The van der Waals surface area contributed by atoms with E-state index in [1.807, 2.05) is 0 Å². The molecule has 0 aliphatic carbocycles.